The molecule has 0 aromatic heterocycles. The predicted molar refractivity (Wildman–Crippen MR) is 84.1 cm³/mol. The van der Waals surface area contributed by atoms with Crippen LogP contribution in [0, 0.1) is 22.7 Å². The molecule has 0 amide bonds. The van der Waals surface area contributed by atoms with Crippen LogP contribution in [-0.4, -0.2) is 45.2 Å². The van der Waals surface area contributed by atoms with Gasteiger partial charge in [-0.25, -0.2) is 0 Å². The first-order valence-electron chi connectivity index (χ1n) is 9.37. The molecule has 1 saturated heterocycles. The van der Waals surface area contributed by atoms with Crippen molar-refractivity contribution in [3.05, 3.63) is 0 Å². The van der Waals surface area contributed by atoms with E-state index >= 15 is 0 Å². The van der Waals surface area contributed by atoms with Gasteiger partial charge in [0.25, 0.3) is 0 Å². The van der Waals surface area contributed by atoms with Crippen molar-refractivity contribution >= 4 is 11.6 Å². The van der Waals surface area contributed by atoms with Crippen molar-refractivity contribution < 1.29 is 24.5 Å². The third kappa shape index (κ3) is 1.32. The summed E-state index contributed by atoms with van der Waals surface area (Å²) in [6.45, 7) is 3.87. The van der Waals surface area contributed by atoms with E-state index in [0.29, 0.717) is 38.5 Å². The maximum Gasteiger partial charge on any atom is 0.142 e. The lowest BCUT2D eigenvalue weighted by Crippen LogP contribution is -2.68. The zero-order valence-corrected chi connectivity index (χ0v) is 14.4. The number of carbonyl (C=O) groups excluding carboxylic acids is 2. The van der Waals surface area contributed by atoms with Gasteiger partial charge in [0.2, 0.25) is 0 Å². The minimum atomic E-state index is -1.03. The number of carbonyl (C=O) groups is 2. The molecule has 0 bridgehead atoms. The highest BCUT2D eigenvalue weighted by Gasteiger charge is 2.82. The summed E-state index contributed by atoms with van der Waals surface area (Å²) in [4.78, 5) is 25.5. The lowest BCUT2D eigenvalue weighted by atomic mass is 9.43. The number of Topliss-reactive ketones (excluding diaryl/α,β-unsaturated/α-hetero) is 2. The summed E-state index contributed by atoms with van der Waals surface area (Å²) >= 11 is 0. The fraction of sp³-hybridized carbons (Fsp3) is 0.895. The third-order valence-electron chi connectivity index (χ3n) is 8.86. The Balaban J connectivity index is 1.63. The Morgan fingerprint density at radius 1 is 1.04 bits per heavy atom. The molecule has 3 unspecified atom stereocenters. The first-order chi connectivity index (χ1) is 11.2. The molecule has 4 aliphatic carbocycles. The number of hydrogen-bond donors (Lipinski definition) is 2. The highest BCUT2D eigenvalue weighted by Crippen LogP contribution is 2.72. The Labute approximate surface area is 141 Å². The zero-order valence-electron chi connectivity index (χ0n) is 14.4. The molecule has 0 radical (unpaired) electrons. The Morgan fingerprint density at radius 3 is 2.54 bits per heavy atom. The molecular formula is C19H26O5. The van der Waals surface area contributed by atoms with Crippen molar-refractivity contribution in [2.75, 3.05) is 0 Å². The number of ether oxygens (including phenoxy) is 1. The van der Waals surface area contributed by atoms with Crippen LogP contribution in [0.5, 0.6) is 0 Å². The van der Waals surface area contributed by atoms with E-state index in [9.17, 15) is 19.8 Å². The van der Waals surface area contributed by atoms with E-state index in [0.717, 1.165) is 6.42 Å². The van der Waals surface area contributed by atoms with Gasteiger partial charge in [0.05, 0.1) is 28.6 Å². The molecule has 5 aliphatic rings. The van der Waals surface area contributed by atoms with Gasteiger partial charge >= 0.3 is 0 Å². The van der Waals surface area contributed by atoms with Gasteiger partial charge in [-0.1, -0.05) is 0 Å². The normalized spacial score (nSPS) is 61.7. The molecule has 1 heterocycles. The Morgan fingerprint density at radius 2 is 1.79 bits per heavy atom. The van der Waals surface area contributed by atoms with Crippen LogP contribution in [0.15, 0.2) is 0 Å². The molecule has 1 aliphatic heterocycles. The quantitative estimate of drug-likeness (QED) is 0.654. The van der Waals surface area contributed by atoms with Crippen LogP contribution in [-0.2, 0) is 14.3 Å². The second-order valence-corrected chi connectivity index (χ2v) is 9.25. The molecule has 5 fully saturated rings. The fourth-order valence-corrected chi connectivity index (χ4v) is 7.28. The van der Waals surface area contributed by atoms with Crippen LogP contribution < -0.4 is 0 Å². The first-order valence-corrected chi connectivity index (χ1v) is 9.37. The molecule has 5 nitrogen and oxygen atoms in total. The molecular weight excluding hydrogens is 308 g/mol. The van der Waals surface area contributed by atoms with E-state index in [1.165, 1.54) is 0 Å². The molecule has 132 valence electrons. The van der Waals surface area contributed by atoms with Gasteiger partial charge in [-0.05, 0) is 57.8 Å². The van der Waals surface area contributed by atoms with Gasteiger partial charge in [-0.3, -0.25) is 9.59 Å². The zero-order chi connectivity index (χ0) is 17.1. The topological polar surface area (TPSA) is 87.1 Å². The Kier molecular flexibility index (Phi) is 2.66. The summed E-state index contributed by atoms with van der Waals surface area (Å²) in [6.07, 6.45) is 3.06. The average Bonchev–Trinajstić information content (AvgIpc) is 3.23. The molecule has 1 spiro atoms. The molecule has 0 aromatic carbocycles. The molecule has 5 rings (SSSR count). The molecule has 5 heteroatoms. The van der Waals surface area contributed by atoms with Gasteiger partial charge in [0, 0.05) is 12.8 Å². The number of aliphatic hydroxyl groups is 2. The van der Waals surface area contributed by atoms with Crippen LogP contribution in [0.2, 0.25) is 0 Å². The lowest BCUT2D eigenvalue weighted by molar-refractivity contribution is -0.198. The Bertz CT molecular complexity index is 660. The third-order valence-corrected chi connectivity index (χ3v) is 8.86. The fourth-order valence-electron chi connectivity index (χ4n) is 7.28. The van der Waals surface area contributed by atoms with Gasteiger partial charge in [0.15, 0.2) is 0 Å². The smallest absolute Gasteiger partial charge is 0.142 e. The first kappa shape index (κ1) is 15.5. The van der Waals surface area contributed by atoms with Crippen molar-refractivity contribution in [3.8, 4) is 0 Å². The van der Waals surface area contributed by atoms with E-state index in [1.807, 2.05) is 13.8 Å². The summed E-state index contributed by atoms with van der Waals surface area (Å²) < 4.78 is 6.03. The van der Waals surface area contributed by atoms with Crippen molar-refractivity contribution in [2.24, 2.45) is 22.7 Å². The van der Waals surface area contributed by atoms with Gasteiger partial charge in [-0.15, -0.1) is 0 Å². The number of epoxide rings is 1. The maximum atomic E-state index is 13.0. The van der Waals surface area contributed by atoms with Gasteiger partial charge in [-0.2, -0.15) is 0 Å². The van der Waals surface area contributed by atoms with Crippen LogP contribution in [0.3, 0.4) is 0 Å². The molecule has 0 aromatic rings. The highest BCUT2D eigenvalue weighted by molar-refractivity contribution is 5.90. The average molecular weight is 334 g/mol. The van der Waals surface area contributed by atoms with E-state index in [1.54, 1.807) is 0 Å². The highest BCUT2D eigenvalue weighted by atomic mass is 16.6. The van der Waals surface area contributed by atoms with Crippen LogP contribution in [0.25, 0.3) is 0 Å². The van der Waals surface area contributed by atoms with Crippen molar-refractivity contribution in [1.29, 1.82) is 0 Å². The van der Waals surface area contributed by atoms with Crippen LogP contribution in [0.4, 0.5) is 0 Å². The second-order valence-electron chi connectivity index (χ2n) is 9.25. The largest absolute Gasteiger partial charge is 0.390 e. The van der Waals surface area contributed by atoms with E-state index in [2.05, 4.69) is 0 Å². The number of rotatable bonds is 0. The lowest BCUT2D eigenvalue weighted by Gasteiger charge is -2.60. The monoisotopic (exact) mass is 334 g/mol. The summed E-state index contributed by atoms with van der Waals surface area (Å²) in [5.41, 5.74) is -3.19. The van der Waals surface area contributed by atoms with E-state index in [-0.39, 0.29) is 29.5 Å². The standard InChI is InChI=1S/C19H26O5/c1-16-7-5-10-11(18(16,23)8-6-12(16)20)9-15-19(24-15)14(22)4-3-13(21)17(10,19)2/h10-11,14-15,22-23H,3-9H2,1-2H3/t10?,11?,14?,15-,16-,17+,18-,19-/m1/s1. The predicted octanol–water partition coefficient (Wildman–Crippen LogP) is 1.38. The Hall–Kier alpha value is -0.780. The minimum absolute atomic E-state index is 0.0114. The summed E-state index contributed by atoms with van der Waals surface area (Å²) in [5, 5.41) is 22.2. The number of fused-ring (bicyclic) bond motifs is 4. The van der Waals surface area contributed by atoms with Gasteiger partial charge < -0.3 is 14.9 Å². The summed E-state index contributed by atoms with van der Waals surface area (Å²) in [7, 11) is 0. The van der Waals surface area contributed by atoms with Crippen molar-refractivity contribution in [2.45, 2.75) is 82.2 Å². The van der Waals surface area contributed by atoms with E-state index in [4.69, 9.17) is 4.74 Å². The van der Waals surface area contributed by atoms with Crippen LogP contribution in [0.1, 0.15) is 58.8 Å². The SMILES string of the molecule is C[C@]12CCC3C(C[C@H]4O[C@]45C(O)CCC(=O)[C@]35C)[C@]1(O)CCC2=O. The van der Waals surface area contributed by atoms with Crippen molar-refractivity contribution in [1.82, 2.24) is 0 Å². The summed E-state index contributed by atoms with van der Waals surface area (Å²) in [6, 6.07) is 0. The molecule has 24 heavy (non-hydrogen) atoms. The molecule has 8 atom stereocenters. The number of hydrogen-bond acceptors (Lipinski definition) is 5. The maximum absolute atomic E-state index is 13.0. The van der Waals surface area contributed by atoms with Crippen molar-refractivity contribution in [3.63, 3.8) is 0 Å². The number of aliphatic hydroxyl groups excluding tert-OH is 1. The summed E-state index contributed by atoms with van der Waals surface area (Å²) in [5.74, 6) is 0.226. The van der Waals surface area contributed by atoms with E-state index < -0.39 is 28.1 Å². The minimum Gasteiger partial charge on any atom is -0.390 e. The van der Waals surface area contributed by atoms with Crippen LogP contribution >= 0.6 is 0 Å². The second kappa shape index (κ2) is 4.13. The molecule has 2 N–H and O–H groups in total. The molecule has 4 saturated carbocycles. The number of ketones is 2. The van der Waals surface area contributed by atoms with Gasteiger partial charge in [0.1, 0.15) is 17.2 Å².